The van der Waals surface area contributed by atoms with Crippen LogP contribution in [0, 0.1) is 18.4 Å². The van der Waals surface area contributed by atoms with Gasteiger partial charge in [0.2, 0.25) is 0 Å². The van der Waals surface area contributed by atoms with E-state index in [0.29, 0.717) is 48.0 Å². The van der Waals surface area contributed by atoms with E-state index in [4.69, 9.17) is 29.8 Å². The Morgan fingerprint density at radius 2 is 1.48 bits per heavy atom. The molecule has 0 aliphatic carbocycles. The smallest absolute Gasteiger partial charge is 0.691 e. The van der Waals surface area contributed by atoms with Crippen LogP contribution in [0.2, 0.25) is 0 Å². The molecular weight excluding hydrogens is 531 g/mol. The fourth-order valence-electron chi connectivity index (χ4n) is 1.90. The summed E-state index contributed by atoms with van der Waals surface area (Å²) in [5.74, 6) is 3.36. The summed E-state index contributed by atoms with van der Waals surface area (Å²) in [5, 5.41) is 7.58. The van der Waals surface area contributed by atoms with E-state index in [1.165, 1.54) is 12.4 Å². The summed E-state index contributed by atoms with van der Waals surface area (Å²) < 4.78 is 21.5. The number of oxazole rings is 2. The maximum atomic E-state index is 7.58. The fraction of sp³-hybridized carbons (Fsp3) is 0.263. The molecule has 7 nitrogen and oxygen atoms in total. The van der Waals surface area contributed by atoms with Gasteiger partial charge in [0.1, 0.15) is 12.4 Å². The van der Waals surface area contributed by atoms with Crippen LogP contribution in [0.15, 0.2) is 39.4 Å². The van der Waals surface area contributed by atoms with Gasteiger partial charge in [-0.3, -0.25) is 9.97 Å². The number of nitrogens with zero attached hydrogens (tertiary/aromatic N) is 2. The van der Waals surface area contributed by atoms with E-state index in [2.05, 4.69) is 16.0 Å². The molecule has 0 aliphatic heterocycles. The molecule has 0 saturated carbocycles. The third-order valence-electron chi connectivity index (χ3n) is 2.88. The van der Waals surface area contributed by atoms with Gasteiger partial charge in [-0.1, -0.05) is 11.1 Å². The molecule has 27 heavy (non-hydrogen) atoms. The minimum atomic E-state index is -0.264. The minimum absolute atomic E-state index is 0. The largest absolute Gasteiger partial charge is 2.00 e. The molecule has 0 unspecified atom stereocenters. The summed E-state index contributed by atoms with van der Waals surface area (Å²) in [4.78, 5) is 8.35. The second kappa shape index (κ2) is 11.9. The Kier molecular flexibility index (Phi) is 9.95. The Bertz CT molecular complexity index is 794. The number of aromatic nitrogens is 2. The van der Waals surface area contributed by atoms with Crippen LogP contribution in [0.5, 0.6) is 11.9 Å². The normalized spacial score (nSPS) is 9.41. The van der Waals surface area contributed by atoms with Gasteiger partial charge in [-0.25, -0.2) is 0 Å². The van der Waals surface area contributed by atoms with Crippen molar-refractivity contribution in [1.82, 2.24) is 9.97 Å². The van der Waals surface area contributed by atoms with Crippen molar-refractivity contribution in [2.45, 2.75) is 13.8 Å². The van der Waals surface area contributed by atoms with E-state index in [0.717, 1.165) is 0 Å². The average molecular weight is 549 g/mol. The monoisotopic (exact) mass is 549 g/mol. The van der Waals surface area contributed by atoms with Gasteiger partial charge in [-0.2, -0.15) is 0 Å². The van der Waals surface area contributed by atoms with Crippen LogP contribution < -0.4 is 9.47 Å². The van der Waals surface area contributed by atoms with Crippen molar-refractivity contribution >= 4 is 0 Å². The van der Waals surface area contributed by atoms with Crippen molar-refractivity contribution in [3.63, 3.8) is 0 Å². The van der Waals surface area contributed by atoms with Crippen LogP contribution in [0.25, 0.3) is 22.9 Å². The molecule has 3 aromatic rings. The van der Waals surface area contributed by atoms with Gasteiger partial charge < -0.3 is 35.8 Å². The molecule has 0 fully saturated rings. The van der Waals surface area contributed by atoms with E-state index < -0.39 is 0 Å². The van der Waals surface area contributed by atoms with Crippen molar-refractivity contribution < 1.29 is 44.5 Å². The molecule has 1 N–H and O–H groups in total. The summed E-state index contributed by atoms with van der Waals surface area (Å²) in [7, 11) is 0. The number of ether oxygens (including phenoxy) is 2. The van der Waals surface area contributed by atoms with Crippen molar-refractivity contribution in [3.05, 3.63) is 43.1 Å². The molecule has 2 aromatic heterocycles. The number of hydrogen-bond donors (Lipinski definition) is 1. The molecular formula is C19H18N2O5Pt. The number of aliphatic hydroxyl groups is 1. The molecule has 0 bridgehead atoms. The maximum Gasteiger partial charge on any atom is 2.00 e. The first kappa shape index (κ1) is 22.5. The molecule has 8 heteroatoms. The first-order valence-electron chi connectivity index (χ1n) is 7.92. The van der Waals surface area contributed by atoms with Crippen LogP contribution in [0.3, 0.4) is 0 Å². The third kappa shape index (κ3) is 6.59. The SMILES string of the molecule is CCOc1cnc(-c2[c-]c(-c3ncc(OCC)o3)ccc2)o1.[C-]#CCO.[Pt+2]. The van der Waals surface area contributed by atoms with E-state index in [1.54, 1.807) is 5.92 Å². The molecule has 144 valence electrons. The van der Waals surface area contributed by atoms with Gasteiger partial charge in [0, 0.05) is 0 Å². The van der Waals surface area contributed by atoms with Crippen molar-refractivity contribution in [2.75, 3.05) is 19.8 Å². The summed E-state index contributed by atoms with van der Waals surface area (Å²) in [6.45, 7) is 4.55. The van der Waals surface area contributed by atoms with Crippen LogP contribution in [-0.4, -0.2) is 34.9 Å². The van der Waals surface area contributed by atoms with Crippen molar-refractivity contribution in [1.29, 1.82) is 0 Å². The topological polar surface area (TPSA) is 90.8 Å². The van der Waals surface area contributed by atoms with E-state index >= 15 is 0 Å². The Labute approximate surface area is 172 Å². The first-order chi connectivity index (χ1) is 12.7. The number of aliphatic hydroxyl groups excluding tert-OH is 1. The molecule has 0 atom stereocenters. The molecule has 0 aliphatic rings. The molecule has 0 amide bonds. The number of benzene rings is 1. The third-order valence-corrected chi connectivity index (χ3v) is 2.88. The minimum Gasteiger partial charge on any atom is -0.691 e. The van der Waals surface area contributed by atoms with Crippen molar-refractivity contribution in [3.8, 4) is 40.7 Å². The van der Waals surface area contributed by atoms with Crippen molar-refractivity contribution in [2.24, 2.45) is 0 Å². The van der Waals surface area contributed by atoms with Gasteiger partial charge in [0.15, 0.2) is 11.8 Å². The van der Waals surface area contributed by atoms with Gasteiger partial charge in [-0.15, -0.1) is 24.3 Å². The number of rotatable bonds is 6. The second-order valence-electron chi connectivity index (χ2n) is 4.65. The first-order valence-corrected chi connectivity index (χ1v) is 7.92. The van der Waals surface area contributed by atoms with Crippen LogP contribution >= 0.6 is 0 Å². The van der Waals surface area contributed by atoms with E-state index in [1.807, 2.05) is 32.0 Å². The zero-order chi connectivity index (χ0) is 18.8. The molecule has 1 aromatic carbocycles. The molecule has 2 heterocycles. The Hall–Kier alpha value is -2.55. The zero-order valence-corrected chi connectivity index (χ0v) is 17.1. The quantitative estimate of drug-likeness (QED) is 0.373. The standard InChI is InChI=1S/C16H15N2O4.C3H3O.Pt/c1-3-19-13-9-17-15(21-13)11-6-5-7-12(8-11)16-18-10-14(22-16)20-4-2;1-2-3-4;/h5-7,9-10H,3-4H2,1-2H3;4H,3H2;/q2*-1;+2. The number of hydrogen-bond acceptors (Lipinski definition) is 7. The Balaban J connectivity index is 0.000000666. The maximum absolute atomic E-state index is 7.58. The second-order valence-corrected chi connectivity index (χ2v) is 4.65. The summed E-state index contributed by atoms with van der Waals surface area (Å²) in [5.41, 5.74) is 1.39. The van der Waals surface area contributed by atoms with E-state index in [9.17, 15) is 0 Å². The van der Waals surface area contributed by atoms with E-state index in [-0.39, 0.29) is 27.7 Å². The average Bonchev–Trinajstić information content (AvgIpc) is 3.33. The van der Waals surface area contributed by atoms with Gasteiger partial charge >= 0.3 is 21.1 Å². The fourth-order valence-corrected chi connectivity index (χ4v) is 1.90. The Morgan fingerprint density at radius 3 is 1.85 bits per heavy atom. The van der Waals surface area contributed by atoms with Gasteiger partial charge in [0.25, 0.3) is 11.9 Å². The Morgan fingerprint density at radius 1 is 1.04 bits per heavy atom. The van der Waals surface area contributed by atoms with Crippen LogP contribution in [-0.2, 0) is 21.1 Å². The molecule has 0 spiro atoms. The summed E-state index contributed by atoms with van der Waals surface area (Å²) >= 11 is 0. The molecule has 3 rings (SSSR count). The molecule has 0 radical (unpaired) electrons. The van der Waals surface area contributed by atoms with Gasteiger partial charge in [-0.05, 0) is 13.8 Å². The van der Waals surface area contributed by atoms with Crippen LogP contribution in [0.4, 0.5) is 0 Å². The van der Waals surface area contributed by atoms with Gasteiger partial charge in [0.05, 0.1) is 19.8 Å². The predicted molar refractivity (Wildman–Crippen MR) is 92.8 cm³/mol. The summed E-state index contributed by atoms with van der Waals surface area (Å²) in [6.07, 6.45) is 9.03. The predicted octanol–water partition coefficient (Wildman–Crippen LogP) is 3.16. The van der Waals surface area contributed by atoms with Crippen LogP contribution in [0.1, 0.15) is 13.8 Å². The summed E-state index contributed by atoms with van der Waals surface area (Å²) in [6, 6.07) is 8.71. The molecule has 0 saturated heterocycles. The zero-order valence-electron chi connectivity index (χ0n) is 14.8.